The van der Waals surface area contributed by atoms with Crippen molar-refractivity contribution in [3.8, 4) is 0 Å². The molecule has 0 aliphatic carbocycles. The lowest BCUT2D eigenvalue weighted by atomic mass is 10.1. The molecule has 0 saturated heterocycles. The van der Waals surface area contributed by atoms with Crippen LogP contribution in [0.2, 0.25) is 5.02 Å². The molecule has 0 spiro atoms. The monoisotopic (exact) mass is 251 g/mol. The van der Waals surface area contributed by atoms with Gasteiger partial charge in [0.15, 0.2) is 0 Å². The van der Waals surface area contributed by atoms with E-state index in [1.54, 1.807) is 6.92 Å². The standard InChI is InChI=1S/C8H8BrClFN/c1-4(12)6-2-5(10)3-7(9)8(6)11/h2-4H,12H2,1H3/t4-/m0/s1. The fraction of sp³-hybridized carbons (Fsp3) is 0.250. The molecule has 1 atom stereocenters. The van der Waals surface area contributed by atoms with Gasteiger partial charge in [-0.1, -0.05) is 11.6 Å². The van der Waals surface area contributed by atoms with Crippen LogP contribution < -0.4 is 5.73 Å². The maximum absolute atomic E-state index is 13.2. The fourth-order valence-electron chi connectivity index (χ4n) is 0.907. The topological polar surface area (TPSA) is 26.0 Å². The Morgan fingerprint density at radius 1 is 1.58 bits per heavy atom. The molecule has 1 aromatic carbocycles. The summed E-state index contributed by atoms with van der Waals surface area (Å²) in [5.41, 5.74) is 5.96. The van der Waals surface area contributed by atoms with E-state index in [-0.39, 0.29) is 11.9 Å². The summed E-state index contributed by atoms with van der Waals surface area (Å²) in [5, 5.41) is 0.482. The number of hydrogen-bond donors (Lipinski definition) is 1. The molecule has 0 heterocycles. The van der Waals surface area contributed by atoms with Crippen LogP contribution in [0.3, 0.4) is 0 Å². The van der Waals surface area contributed by atoms with Gasteiger partial charge < -0.3 is 5.73 Å². The van der Waals surface area contributed by atoms with Crippen molar-refractivity contribution >= 4 is 27.5 Å². The molecule has 2 N–H and O–H groups in total. The van der Waals surface area contributed by atoms with Crippen molar-refractivity contribution in [2.24, 2.45) is 5.73 Å². The van der Waals surface area contributed by atoms with Gasteiger partial charge in [-0.15, -0.1) is 0 Å². The van der Waals surface area contributed by atoms with Crippen molar-refractivity contribution < 1.29 is 4.39 Å². The van der Waals surface area contributed by atoms with E-state index < -0.39 is 0 Å². The predicted octanol–water partition coefficient (Wildman–Crippen LogP) is 3.26. The molecule has 0 unspecified atom stereocenters. The van der Waals surface area contributed by atoms with Crippen LogP contribution in [0, 0.1) is 5.82 Å². The lowest BCUT2D eigenvalue weighted by Crippen LogP contribution is -2.07. The molecule has 0 amide bonds. The molecular weight excluding hydrogens is 244 g/mol. The zero-order valence-electron chi connectivity index (χ0n) is 6.44. The highest BCUT2D eigenvalue weighted by atomic mass is 79.9. The van der Waals surface area contributed by atoms with Gasteiger partial charge in [0.25, 0.3) is 0 Å². The van der Waals surface area contributed by atoms with Gasteiger partial charge in [0.2, 0.25) is 0 Å². The molecule has 4 heteroatoms. The Kier molecular flexibility index (Phi) is 3.09. The molecule has 0 fully saturated rings. The molecule has 0 aromatic heterocycles. The smallest absolute Gasteiger partial charge is 0.142 e. The van der Waals surface area contributed by atoms with E-state index in [1.165, 1.54) is 12.1 Å². The van der Waals surface area contributed by atoms with Crippen molar-refractivity contribution in [3.05, 3.63) is 33.0 Å². The quantitative estimate of drug-likeness (QED) is 0.763. The SMILES string of the molecule is C[C@H](N)c1cc(Cl)cc(Br)c1F. The first kappa shape index (κ1) is 9.96. The first-order valence-corrected chi connectivity index (χ1v) is 4.59. The average Bonchev–Trinajstić information content (AvgIpc) is 1.96. The van der Waals surface area contributed by atoms with E-state index in [0.29, 0.717) is 15.1 Å². The molecule has 0 saturated carbocycles. The Morgan fingerprint density at radius 2 is 2.17 bits per heavy atom. The molecule has 0 aliphatic heterocycles. The van der Waals surface area contributed by atoms with Gasteiger partial charge in [-0.2, -0.15) is 0 Å². The Bertz CT molecular complexity index is 301. The van der Waals surface area contributed by atoms with Crippen LogP contribution in [0.15, 0.2) is 16.6 Å². The zero-order valence-corrected chi connectivity index (χ0v) is 8.79. The van der Waals surface area contributed by atoms with Gasteiger partial charge in [-0.3, -0.25) is 0 Å². The Hall–Kier alpha value is -0.120. The third kappa shape index (κ3) is 1.97. The minimum atomic E-state index is -0.347. The molecule has 0 bridgehead atoms. The van der Waals surface area contributed by atoms with Gasteiger partial charge in [-0.05, 0) is 35.0 Å². The molecule has 1 aromatic rings. The summed E-state index contributed by atoms with van der Waals surface area (Å²) >= 11 is 8.76. The van der Waals surface area contributed by atoms with Crippen LogP contribution in [-0.2, 0) is 0 Å². The summed E-state index contributed by atoms with van der Waals surface area (Å²) in [6, 6.07) is 2.69. The molecule has 12 heavy (non-hydrogen) atoms. The normalized spacial score (nSPS) is 13.1. The van der Waals surface area contributed by atoms with E-state index in [4.69, 9.17) is 17.3 Å². The number of halogens is 3. The minimum Gasteiger partial charge on any atom is -0.324 e. The van der Waals surface area contributed by atoms with E-state index in [1.807, 2.05) is 0 Å². The second-order valence-electron chi connectivity index (χ2n) is 2.58. The lowest BCUT2D eigenvalue weighted by molar-refractivity contribution is 0.587. The third-order valence-electron chi connectivity index (χ3n) is 1.51. The van der Waals surface area contributed by atoms with Crippen LogP contribution in [0.4, 0.5) is 4.39 Å². The van der Waals surface area contributed by atoms with Gasteiger partial charge in [-0.25, -0.2) is 4.39 Å². The molecule has 1 nitrogen and oxygen atoms in total. The van der Waals surface area contributed by atoms with Crippen molar-refractivity contribution in [2.45, 2.75) is 13.0 Å². The van der Waals surface area contributed by atoms with E-state index in [9.17, 15) is 4.39 Å². The van der Waals surface area contributed by atoms with Gasteiger partial charge >= 0.3 is 0 Å². The second kappa shape index (κ2) is 3.73. The Morgan fingerprint density at radius 3 is 2.67 bits per heavy atom. The zero-order chi connectivity index (χ0) is 9.30. The predicted molar refractivity (Wildman–Crippen MR) is 51.7 cm³/mol. The van der Waals surface area contributed by atoms with Crippen LogP contribution in [0.1, 0.15) is 18.5 Å². The third-order valence-corrected chi connectivity index (χ3v) is 2.31. The molecule has 1 rings (SSSR count). The minimum absolute atomic E-state index is 0.339. The first-order chi connectivity index (χ1) is 5.52. The number of benzene rings is 1. The summed E-state index contributed by atoms with van der Waals surface area (Å²) in [4.78, 5) is 0. The molecule has 0 radical (unpaired) electrons. The summed E-state index contributed by atoms with van der Waals surface area (Å²) in [6.45, 7) is 1.71. The number of rotatable bonds is 1. The van der Waals surface area contributed by atoms with Crippen molar-refractivity contribution in [1.29, 1.82) is 0 Å². The highest BCUT2D eigenvalue weighted by Crippen LogP contribution is 2.26. The first-order valence-electron chi connectivity index (χ1n) is 3.42. The van der Waals surface area contributed by atoms with Gasteiger partial charge in [0.05, 0.1) is 4.47 Å². The second-order valence-corrected chi connectivity index (χ2v) is 3.87. The van der Waals surface area contributed by atoms with Gasteiger partial charge in [0.1, 0.15) is 5.82 Å². The molecule has 66 valence electrons. The van der Waals surface area contributed by atoms with Crippen LogP contribution >= 0.6 is 27.5 Å². The highest BCUT2D eigenvalue weighted by Gasteiger charge is 2.11. The summed E-state index contributed by atoms with van der Waals surface area (Å²) in [7, 11) is 0. The van der Waals surface area contributed by atoms with E-state index >= 15 is 0 Å². The van der Waals surface area contributed by atoms with Crippen molar-refractivity contribution in [3.63, 3.8) is 0 Å². The van der Waals surface area contributed by atoms with Crippen molar-refractivity contribution in [1.82, 2.24) is 0 Å². The van der Waals surface area contributed by atoms with Crippen LogP contribution in [0.5, 0.6) is 0 Å². The maximum Gasteiger partial charge on any atom is 0.142 e. The fourth-order valence-corrected chi connectivity index (χ4v) is 1.74. The van der Waals surface area contributed by atoms with E-state index in [0.717, 1.165) is 0 Å². The summed E-state index contributed by atoms with van der Waals surface area (Å²) < 4.78 is 13.6. The van der Waals surface area contributed by atoms with Crippen LogP contribution in [0.25, 0.3) is 0 Å². The molecular formula is C8H8BrClFN. The average molecular weight is 253 g/mol. The van der Waals surface area contributed by atoms with E-state index in [2.05, 4.69) is 15.9 Å². The molecule has 0 aliphatic rings. The summed E-state index contributed by atoms with van der Waals surface area (Å²) in [5.74, 6) is -0.339. The Balaban J connectivity index is 3.28. The number of nitrogens with two attached hydrogens (primary N) is 1. The van der Waals surface area contributed by atoms with Crippen molar-refractivity contribution in [2.75, 3.05) is 0 Å². The van der Waals surface area contributed by atoms with Crippen LogP contribution in [-0.4, -0.2) is 0 Å². The highest BCUT2D eigenvalue weighted by molar-refractivity contribution is 9.10. The largest absolute Gasteiger partial charge is 0.324 e. The summed E-state index contributed by atoms with van der Waals surface area (Å²) in [6.07, 6.45) is 0. The lowest BCUT2D eigenvalue weighted by Gasteiger charge is -2.08. The Labute approximate surface area is 83.8 Å². The number of hydrogen-bond acceptors (Lipinski definition) is 1. The van der Waals surface area contributed by atoms with Gasteiger partial charge in [0, 0.05) is 16.6 Å². The maximum atomic E-state index is 13.2.